The highest BCUT2D eigenvalue weighted by Gasteiger charge is 2.22. The summed E-state index contributed by atoms with van der Waals surface area (Å²) in [6.07, 6.45) is 0. The molecule has 1 rings (SSSR count). The van der Waals surface area contributed by atoms with Gasteiger partial charge in [-0.1, -0.05) is 11.6 Å². The fourth-order valence-corrected chi connectivity index (χ4v) is 1.77. The number of benzene rings is 1. The molecule has 0 aliphatic heterocycles. The van der Waals surface area contributed by atoms with Gasteiger partial charge < -0.3 is 10.2 Å². The van der Waals surface area contributed by atoms with Crippen molar-refractivity contribution in [1.82, 2.24) is 0 Å². The van der Waals surface area contributed by atoms with E-state index >= 15 is 0 Å². The number of halogens is 2. The Labute approximate surface area is 88.9 Å². The number of hydrogen-bond donors (Lipinski definition) is 2. The SMILES string of the molecule is O=C(O)c1cc(Cl)c(O)c(S(=O)(=O)F)c1. The number of phenols is 1. The van der Waals surface area contributed by atoms with Gasteiger partial charge in [-0.05, 0) is 12.1 Å². The van der Waals surface area contributed by atoms with E-state index in [9.17, 15) is 17.1 Å². The Morgan fingerprint density at radius 1 is 1.40 bits per heavy atom. The topological polar surface area (TPSA) is 91.7 Å². The van der Waals surface area contributed by atoms with Crippen molar-refractivity contribution in [3.05, 3.63) is 22.7 Å². The summed E-state index contributed by atoms with van der Waals surface area (Å²) in [7, 11) is -5.21. The average molecular weight is 255 g/mol. The molecule has 0 saturated carbocycles. The zero-order valence-electron chi connectivity index (χ0n) is 6.94. The molecule has 0 radical (unpaired) electrons. The first-order valence-electron chi connectivity index (χ1n) is 3.44. The lowest BCUT2D eigenvalue weighted by Crippen LogP contribution is -2.00. The largest absolute Gasteiger partial charge is 0.505 e. The molecule has 0 aromatic heterocycles. The van der Waals surface area contributed by atoms with Crippen LogP contribution in [0.2, 0.25) is 5.02 Å². The second kappa shape index (κ2) is 3.67. The van der Waals surface area contributed by atoms with Gasteiger partial charge in [0, 0.05) is 0 Å². The highest BCUT2D eigenvalue weighted by atomic mass is 35.5. The number of aromatic hydroxyl groups is 1. The van der Waals surface area contributed by atoms with Crippen LogP contribution in [0.4, 0.5) is 3.89 Å². The van der Waals surface area contributed by atoms with Crippen LogP contribution in [0, 0.1) is 0 Å². The molecule has 1 aromatic carbocycles. The van der Waals surface area contributed by atoms with Gasteiger partial charge >= 0.3 is 16.2 Å². The summed E-state index contributed by atoms with van der Waals surface area (Å²) in [6.45, 7) is 0. The molecule has 0 saturated heterocycles. The van der Waals surface area contributed by atoms with Crippen LogP contribution in [0.1, 0.15) is 10.4 Å². The van der Waals surface area contributed by atoms with E-state index in [-0.39, 0.29) is 0 Å². The van der Waals surface area contributed by atoms with Crippen molar-refractivity contribution in [1.29, 1.82) is 0 Å². The maximum atomic E-state index is 12.6. The summed E-state index contributed by atoms with van der Waals surface area (Å²) in [4.78, 5) is 9.33. The van der Waals surface area contributed by atoms with Gasteiger partial charge in [0.1, 0.15) is 4.90 Å². The maximum Gasteiger partial charge on any atom is 0.335 e. The third-order valence-electron chi connectivity index (χ3n) is 1.54. The van der Waals surface area contributed by atoms with Crippen molar-refractivity contribution < 1.29 is 27.3 Å². The fourth-order valence-electron chi connectivity index (χ4n) is 0.883. The van der Waals surface area contributed by atoms with Crippen LogP contribution in [-0.2, 0) is 10.2 Å². The summed E-state index contributed by atoms with van der Waals surface area (Å²) in [5.74, 6) is -2.49. The van der Waals surface area contributed by atoms with Gasteiger partial charge in [-0.3, -0.25) is 0 Å². The van der Waals surface area contributed by atoms with E-state index in [1.807, 2.05) is 0 Å². The molecular formula is C7H4ClFO5S. The summed E-state index contributed by atoms with van der Waals surface area (Å²) in [5, 5.41) is 17.1. The molecule has 0 spiro atoms. The number of hydrogen-bond acceptors (Lipinski definition) is 4. The van der Waals surface area contributed by atoms with Crippen molar-refractivity contribution >= 4 is 27.8 Å². The Bertz CT molecular complexity index is 524. The first-order chi connectivity index (χ1) is 6.73. The molecule has 0 aliphatic rings. The van der Waals surface area contributed by atoms with Gasteiger partial charge in [-0.15, -0.1) is 3.89 Å². The van der Waals surface area contributed by atoms with Crippen molar-refractivity contribution in [2.45, 2.75) is 4.90 Å². The third kappa shape index (κ3) is 2.37. The van der Waals surface area contributed by atoms with E-state index in [4.69, 9.17) is 21.8 Å². The van der Waals surface area contributed by atoms with Gasteiger partial charge in [-0.2, -0.15) is 8.42 Å². The number of phenolic OH excluding ortho intramolecular Hbond substituents is 1. The minimum Gasteiger partial charge on any atom is -0.505 e. The second-order valence-electron chi connectivity index (χ2n) is 2.55. The lowest BCUT2D eigenvalue weighted by atomic mass is 10.2. The van der Waals surface area contributed by atoms with Crippen LogP contribution < -0.4 is 0 Å². The van der Waals surface area contributed by atoms with Gasteiger partial charge in [0.05, 0.1) is 10.6 Å². The molecule has 0 fully saturated rings. The normalized spacial score (nSPS) is 11.3. The summed E-state index contributed by atoms with van der Waals surface area (Å²) in [5.41, 5.74) is -0.533. The van der Waals surface area contributed by atoms with E-state index < -0.39 is 37.4 Å². The summed E-state index contributed by atoms with van der Waals surface area (Å²) < 4.78 is 33.6. The molecular weight excluding hydrogens is 251 g/mol. The second-order valence-corrected chi connectivity index (χ2v) is 4.27. The van der Waals surface area contributed by atoms with Gasteiger partial charge in [0.15, 0.2) is 5.75 Å². The molecule has 5 nitrogen and oxygen atoms in total. The maximum absolute atomic E-state index is 12.6. The van der Waals surface area contributed by atoms with E-state index in [0.29, 0.717) is 6.07 Å². The van der Waals surface area contributed by atoms with Crippen LogP contribution >= 0.6 is 11.6 Å². The Morgan fingerprint density at radius 3 is 2.33 bits per heavy atom. The van der Waals surface area contributed by atoms with E-state index in [1.54, 1.807) is 0 Å². The highest BCUT2D eigenvalue weighted by molar-refractivity contribution is 7.86. The fraction of sp³-hybridized carbons (Fsp3) is 0. The molecule has 0 bridgehead atoms. The molecule has 1 aromatic rings. The molecule has 82 valence electrons. The first kappa shape index (κ1) is 11.7. The molecule has 15 heavy (non-hydrogen) atoms. The molecule has 8 heteroatoms. The summed E-state index contributed by atoms with van der Waals surface area (Å²) in [6, 6.07) is 1.30. The predicted molar refractivity (Wildman–Crippen MR) is 48.4 cm³/mol. The van der Waals surface area contributed by atoms with E-state index in [2.05, 4.69) is 0 Å². The van der Waals surface area contributed by atoms with Crippen molar-refractivity contribution in [3.8, 4) is 5.75 Å². The quantitative estimate of drug-likeness (QED) is 0.779. The Hall–Kier alpha value is -1.34. The van der Waals surface area contributed by atoms with E-state index in [0.717, 1.165) is 6.07 Å². The molecule has 2 N–H and O–H groups in total. The molecule has 0 heterocycles. The zero-order valence-corrected chi connectivity index (χ0v) is 8.51. The van der Waals surface area contributed by atoms with Crippen molar-refractivity contribution in [2.75, 3.05) is 0 Å². The Morgan fingerprint density at radius 2 is 1.93 bits per heavy atom. The number of carboxylic acid groups (broad SMARTS) is 1. The van der Waals surface area contributed by atoms with Crippen molar-refractivity contribution in [2.24, 2.45) is 0 Å². The highest BCUT2D eigenvalue weighted by Crippen LogP contribution is 2.33. The minimum atomic E-state index is -5.21. The Kier molecular flexibility index (Phi) is 2.87. The monoisotopic (exact) mass is 254 g/mol. The first-order valence-corrected chi connectivity index (χ1v) is 5.20. The van der Waals surface area contributed by atoms with Crippen LogP contribution in [-0.4, -0.2) is 24.6 Å². The number of carboxylic acids is 1. The smallest absolute Gasteiger partial charge is 0.335 e. The third-order valence-corrected chi connectivity index (χ3v) is 2.66. The lowest BCUT2D eigenvalue weighted by Gasteiger charge is -2.03. The minimum absolute atomic E-state index is 0.485. The van der Waals surface area contributed by atoms with Crippen LogP contribution in [0.15, 0.2) is 17.0 Å². The number of rotatable bonds is 2. The van der Waals surface area contributed by atoms with Gasteiger partial charge in [0.25, 0.3) is 0 Å². The van der Waals surface area contributed by atoms with E-state index in [1.165, 1.54) is 0 Å². The molecule has 0 unspecified atom stereocenters. The molecule has 0 aliphatic carbocycles. The zero-order chi connectivity index (χ0) is 11.8. The molecule has 0 amide bonds. The van der Waals surface area contributed by atoms with Crippen molar-refractivity contribution in [3.63, 3.8) is 0 Å². The number of carbonyl (C=O) groups is 1. The average Bonchev–Trinajstić information content (AvgIpc) is 2.06. The standard InChI is InChI=1S/C7H4ClFO5S/c8-4-1-3(7(11)12)2-5(6(4)10)15(9,13)14/h1-2,10H,(H,11,12). The van der Waals surface area contributed by atoms with Crippen LogP contribution in [0.3, 0.4) is 0 Å². The molecule has 0 atom stereocenters. The lowest BCUT2D eigenvalue weighted by molar-refractivity contribution is 0.0696. The Balaban J connectivity index is 3.59. The van der Waals surface area contributed by atoms with Gasteiger partial charge in [0.2, 0.25) is 0 Å². The van der Waals surface area contributed by atoms with Crippen LogP contribution in [0.25, 0.3) is 0 Å². The summed E-state index contributed by atoms with van der Waals surface area (Å²) >= 11 is 5.32. The van der Waals surface area contributed by atoms with Gasteiger partial charge in [-0.25, -0.2) is 4.79 Å². The number of aromatic carboxylic acids is 1. The van der Waals surface area contributed by atoms with Crippen LogP contribution in [0.5, 0.6) is 5.75 Å². The predicted octanol–water partition coefficient (Wildman–Crippen LogP) is 1.40.